The predicted octanol–water partition coefficient (Wildman–Crippen LogP) is 2.64. The molecule has 2 aliphatic rings. The Kier molecular flexibility index (Phi) is 5.88. The van der Waals surface area contributed by atoms with Gasteiger partial charge in [-0.05, 0) is 57.5 Å². The first-order chi connectivity index (χ1) is 9.52. The highest BCUT2D eigenvalue weighted by atomic mass is 16.3. The molecular formula is C17H34N2O. The summed E-state index contributed by atoms with van der Waals surface area (Å²) < 4.78 is 0. The fourth-order valence-corrected chi connectivity index (χ4v) is 4.39. The molecule has 0 aromatic heterocycles. The molecule has 0 bridgehead atoms. The molecular weight excluding hydrogens is 248 g/mol. The smallest absolute Gasteiger partial charge is 0.0774 e. The van der Waals surface area contributed by atoms with Crippen LogP contribution >= 0.6 is 0 Å². The lowest BCUT2D eigenvalue weighted by molar-refractivity contribution is 0.00870. The van der Waals surface area contributed by atoms with E-state index in [1.54, 1.807) is 0 Å². The molecule has 118 valence electrons. The second-order valence-corrected chi connectivity index (χ2v) is 7.47. The molecule has 3 heteroatoms. The molecule has 0 spiro atoms. The van der Waals surface area contributed by atoms with Crippen molar-refractivity contribution in [3.63, 3.8) is 0 Å². The number of nitrogens with one attached hydrogen (secondary N) is 1. The molecule has 3 atom stereocenters. The Bertz CT molecular complexity index is 289. The first-order valence-electron chi connectivity index (χ1n) is 8.67. The third-order valence-electron chi connectivity index (χ3n) is 5.36. The molecule has 2 rings (SSSR count). The standard InChI is InChI=1S/C17H34N2O/c1-4-18-16-8-7-14(2)11-15(16)12-19(3)13-17(20)9-5-6-10-17/h14-16,18,20H,4-13H2,1-3H3. The highest BCUT2D eigenvalue weighted by molar-refractivity contribution is 4.89. The number of hydrogen-bond donors (Lipinski definition) is 2. The molecule has 0 aromatic rings. The van der Waals surface area contributed by atoms with E-state index in [0.29, 0.717) is 6.04 Å². The predicted molar refractivity (Wildman–Crippen MR) is 84.9 cm³/mol. The van der Waals surface area contributed by atoms with Crippen molar-refractivity contribution in [2.45, 2.75) is 70.4 Å². The second-order valence-electron chi connectivity index (χ2n) is 7.47. The Morgan fingerprint density at radius 1 is 1.25 bits per heavy atom. The highest BCUT2D eigenvalue weighted by Crippen LogP contribution is 2.32. The fourth-order valence-electron chi connectivity index (χ4n) is 4.39. The van der Waals surface area contributed by atoms with Crippen LogP contribution in [0.25, 0.3) is 0 Å². The quantitative estimate of drug-likeness (QED) is 0.786. The normalized spacial score (nSPS) is 33.8. The number of nitrogens with zero attached hydrogens (tertiary/aromatic N) is 1. The Hall–Kier alpha value is -0.120. The largest absolute Gasteiger partial charge is 0.389 e. The van der Waals surface area contributed by atoms with Gasteiger partial charge in [-0.2, -0.15) is 0 Å². The van der Waals surface area contributed by atoms with E-state index in [2.05, 4.69) is 31.1 Å². The maximum absolute atomic E-state index is 10.6. The van der Waals surface area contributed by atoms with Gasteiger partial charge in [0.15, 0.2) is 0 Å². The SMILES string of the molecule is CCNC1CCC(C)CC1CN(C)CC1(O)CCCC1. The van der Waals surface area contributed by atoms with Crippen LogP contribution in [0.1, 0.15) is 58.8 Å². The summed E-state index contributed by atoms with van der Waals surface area (Å²) >= 11 is 0. The summed E-state index contributed by atoms with van der Waals surface area (Å²) in [5.41, 5.74) is -0.400. The minimum atomic E-state index is -0.400. The van der Waals surface area contributed by atoms with Crippen LogP contribution in [0.15, 0.2) is 0 Å². The van der Waals surface area contributed by atoms with Gasteiger partial charge in [-0.25, -0.2) is 0 Å². The molecule has 3 unspecified atom stereocenters. The second kappa shape index (κ2) is 7.24. The van der Waals surface area contributed by atoms with Crippen LogP contribution < -0.4 is 5.32 Å². The van der Waals surface area contributed by atoms with E-state index < -0.39 is 5.60 Å². The molecule has 2 N–H and O–H groups in total. The first-order valence-corrected chi connectivity index (χ1v) is 8.67. The zero-order valence-corrected chi connectivity index (χ0v) is 13.7. The summed E-state index contributed by atoms with van der Waals surface area (Å²) in [6.07, 6.45) is 8.40. The molecule has 0 saturated heterocycles. The van der Waals surface area contributed by atoms with Crippen LogP contribution in [0.2, 0.25) is 0 Å². The van der Waals surface area contributed by atoms with Crippen molar-refractivity contribution in [2.24, 2.45) is 11.8 Å². The molecule has 0 amide bonds. The zero-order chi connectivity index (χ0) is 14.6. The Morgan fingerprint density at radius 3 is 2.60 bits per heavy atom. The van der Waals surface area contributed by atoms with Gasteiger partial charge in [-0.1, -0.05) is 26.7 Å². The van der Waals surface area contributed by atoms with Crippen molar-refractivity contribution in [3.8, 4) is 0 Å². The third-order valence-corrected chi connectivity index (χ3v) is 5.36. The highest BCUT2D eigenvalue weighted by Gasteiger charge is 2.34. The van der Waals surface area contributed by atoms with Crippen molar-refractivity contribution < 1.29 is 5.11 Å². The average molecular weight is 282 g/mol. The van der Waals surface area contributed by atoms with Gasteiger partial charge in [0.1, 0.15) is 0 Å². The van der Waals surface area contributed by atoms with Gasteiger partial charge < -0.3 is 15.3 Å². The van der Waals surface area contributed by atoms with Gasteiger partial charge in [0.25, 0.3) is 0 Å². The van der Waals surface area contributed by atoms with Crippen LogP contribution in [0.4, 0.5) is 0 Å². The van der Waals surface area contributed by atoms with E-state index in [4.69, 9.17) is 0 Å². The third kappa shape index (κ3) is 4.44. The first kappa shape index (κ1) is 16.3. The minimum absolute atomic E-state index is 0.400. The molecule has 2 fully saturated rings. The number of rotatable bonds is 6. The van der Waals surface area contributed by atoms with Gasteiger partial charge >= 0.3 is 0 Å². The van der Waals surface area contributed by atoms with E-state index in [9.17, 15) is 5.11 Å². The summed E-state index contributed by atoms with van der Waals surface area (Å²) in [5, 5.41) is 14.2. The molecule has 20 heavy (non-hydrogen) atoms. The van der Waals surface area contributed by atoms with E-state index in [1.807, 2.05) is 0 Å². The maximum Gasteiger partial charge on any atom is 0.0774 e. The van der Waals surface area contributed by atoms with Crippen LogP contribution in [0, 0.1) is 11.8 Å². The lowest BCUT2D eigenvalue weighted by Gasteiger charge is -2.39. The zero-order valence-electron chi connectivity index (χ0n) is 13.7. The van der Waals surface area contributed by atoms with Gasteiger partial charge in [0, 0.05) is 19.1 Å². The number of likely N-dealkylation sites (N-methyl/N-ethyl adjacent to an activating group) is 1. The summed E-state index contributed by atoms with van der Waals surface area (Å²) in [7, 11) is 2.19. The molecule has 2 saturated carbocycles. The van der Waals surface area contributed by atoms with Crippen molar-refractivity contribution in [1.29, 1.82) is 0 Å². The average Bonchev–Trinajstić information content (AvgIpc) is 2.79. The monoisotopic (exact) mass is 282 g/mol. The van der Waals surface area contributed by atoms with Crippen LogP contribution in [-0.4, -0.2) is 48.3 Å². The van der Waals surface area contributed by atoms with Gasteiger partial charge in [0.2, 0.25) is 0 Å². The van der Waals surface area contributed by atoms with E-state index >= 15 is 0 Å². The van der Waals surface area contributed by atoms with E-state index in [1.165, 1.54) is 32.1 Å². The Labute approximate surface area is 125 Å². The van der Waals surface area contributed by atoms with Gasteiger partial charge in [-0.15, -0.1) is 0 Å². The van der Waals surface area contributed by atoms with Gasteiger partial charge in [-0.3, -0.25) is 0 Å². The summed E-state index contributed by atoms with van der Waals surface area (Å²) in [6.45, 7) is 7.66. The van der Waals surface area contributed by atoms with Crippen LogP contribution in [-0.2, 0) is 0 Å². The van der Waals surface area contributed by atoms with E-state index in [0.717, 1.165) is 44.3 Å². The summed E-state index contributed by atoms with van der Waals surface area (Å²) in [5.74, 6) is 1.60. The lowest BCUT2D eigenvalue weighted by atomic mass is 9.78. The lowest BCUT2D eigenvalue weighted by Crippen LogP contribution is -2.47. The van der Waals surface area contributed by atoms with Crippen molar-refractivity contribution in [2.75, 3.05) is 26.7 Å². The van der Waals surface area contributed by atoms with Crippen molar-refractivity contribution in [3.05, 3.63) is 0 Å². The molecule has 0 radical (unpaired) electrons. The molecule has 3 nitrogen and oxygen atoms in total. The topological polar surface area (TPSA) is 35.5 Å². The molecule has 2 aliphatic carbocycles. The van der Waals surface area contributed by atoms with Crippen LogP contribution in [0.3, 0.4) is 0 Å². The maximum atomic E-state index is 10.6. The van der Waals surface area contributed by atoms with Gasteiger partial charge in [0.05, 0.1) is 5.60 Å². The molecule has 0 aromatic carbocycles. The summed E-state index contributed by atoms with van der Waals surface area (Å²) in [6, 6.07) is 0.678. The number of aliphatic hydroxyl groups is 1. The molecule has 0 aliphatic heterocycles. The van der Waals surface area contributed by atoms with Crippen molar-refractivity contribution in [1.82, 2.24) is 10.2 Å². The Balaban J connectivity index is 1.85. The van der Waals surface area contributed by atoms with E-state index in [-0.39, 0.29) is 0 Å². The van der Waals surface area contributed by atoms with Crippen molar-refractivity contribution >= 4 is 0 Å². The summed E-state index contributed by atoms with van der Waals surface area (Å²) in [4.78, 5) is 2.39. The number of hydrogen-bond acceptors (Lipinski definition) is 3. The minimum Gasteiger partial charge on any atom is -0.389 e. The fraction of sp³-hybridized carbons (Fsp3) is 1.00. The molecule has 0 heterocycles. The Morgan fingerprint density at radius 2 is 1.95 bits per heavy atom. The van der Waals surface area contributed by atoms with Crippen LogP contribution in [0.5, 0.6) is 0 Å².